The molecule has 2 aliphatic rings. The molecular formula is C43H48ClN2+. The van der Waals surface area contributed by atoms with E-state index >= 15 is 0 Å². The van der Waals surface area contributed by atoms with Gasteiger partial charge in [0, 0.05) is 52.5 Å². The lowest BCUT2D eigenvalue weighted by Gasteiger charge is -2.27. The molecule has 0 saturated carbocycles. The Bertz CT molecular complexity index is 1930. The molecule has 0 aliphatic carbocycles. The first kappa shape index (κ1) is 32.1. The Morgan fingerprint density at radius 2 is 1.41 bits per heavy atom. The predicted molar refractivity (Wildman–Crippen MR) is 201 cm³/mol. The number of halogens is 1. The van der Waals surface area contributed by atoms with Gasteiger partial charge in [-0.2, -0.15) is 4.58 Å². The minimum Gasteiger partial charge on any atom is -0.344 e. The summed E-state index contributed by atoms with van der Waals surface area (Å²) < 4.78 is 2.53. The standard InChI is InChI=1S/C43H48ClN2/c1-7-9-29-45-36-27-25-31-17-11-13-21-34(31)40(36)42(3,4)38(45)23-15-19-33(44)20-16-24-39-43(5,6)41-35-22-14-12-18-32(35)26-28-37(41)46(39)30-10-8-2/h11-28H,7-10,29-30H2,1-6H3/q+1. The Morgan fingerprint density at radius 1 is 0.761 bits per heavy atom. The van der Waals surface area contributed by atoms with Gasteiger partial charge in [0.15, 0.2) is 5.71 Å². The van der Waals surface area contributed by atoms with Crippen LogP contribution in [0.5, 0.6) is 0 Å². The normalized spacial score (nSPS) is 18.2. The molecule has 6 rings (SSSR count). The molecule has 0 saturated heterocycles. The molecule has 2 nitrogen and oxygen atoms in total. The number of nitrogens with zero attached hydrogens (tertiary/aromatic N) is 2. The summed E-state index contributed by atoms with van der Waals surface area (Å²) in [5.74, 6) is 0. The van der Waals surface area contributed by atoms with Crippen molar-refractivity contribution in [2.45, 2.75) is 78.1 Å². The van der Waals surface area contributed by atoms with Crippen LogP contribution in [-0.2, 0) is 10.8 Å². The second-order valence-corrected chi connectivity index (χ2v) is 14.3. The van der Waals surface area contributed by atoms with Gasteiger partial charge in [0.2, 0.25) is 5.69 Å². The van der Waals surface area contributed by atoms with Crippen LogP contribution in [0.2, 0.25) is 0 Å². The van der Waals surface area contributed by atoms with Gasteiger partial charge < -0.3 is 4.90 Å². The average Bonchev–Trinajstić information content (AvgIpc) is 3.41. The van der Waals surface area contributed by atoms with E-state index < -0.39 is 0 Å². The van der Waals surface area contributed by atoms with Crippen LogP contribution in [0.1, 0.15) is 78.4 Å². The van der Waals surface area contributed by atoms with Crippen LogP contribution in [0, 0.1) is 0 Å². The van der Waals surface area contributed by atoms with Gasteiger partial charge >= 0.3 is 0 Å². The molecule has 0 N–H and O–H groups in total. The summed E-state index contributed by atoms with van der Waals surface area (Å²) in [6, 6.07) is 26.7. The first-order chi connectivity index (χ1) is 22.2. The predicted octanol–water partition coefficient (Wildman–Crippen LogP) is 11.9. The molecule has 0 bridgehead atoms. The van der Waals surface area contributed by atoms with Gasteiger partial charge in [-0.05, 0) is 77.7 Å². The lowest BCUT2D eigenvalue weighted by atomic mass is 9.79. The Labute approximate surface area is 281 Å². The van der Waals surface area contributed by atoms with E-state index in [0.29, 0.717) is 5.03 Å². The maximum absolute atomic E-state index is 6.83. The lowest BCUT2D eigenvalue weighted by molar-refractivity contribution is -0.438. The largest absolute Gasteiger partial charge is 0.344 e. The van der Waals surface area contributed by atoms with Crippen LogP contribution in [0.15, 0.2) is 120 Å². The number of hydrogen-bond acceptors (Lipinski definition) is 1. The molecule has 0 atom stereocenters. The van der Waals surface area contributed by atoms with E-state index in [2.05, 4.69) is 148 Å². The van der Waals surface area contributed by atoms with E-state index in [-0.39, 0.29) is 10.8 Å². The van der Waals surface area contributed by atoms with Crippen molar-refractivity contribution in [3.8, 4) is 0 Å². The smallest absolute Gasteiger partial charge is 0.210 e. The van der Waals surface area contributed by atoms with E-state index in [1.165, 1.54) is 55.5 Å². The summed E-state index contributed by atoms with van der Waals surface area (Å²) in [4.78, 5) is 2.53. The Balaban J connectivity index is 1.29. The number of benzene rings is 4. The SMILES string of the molecule is CCCCN1C(=CC=CC(Cl)=CC=CC2=[N+](CCCC)c3ccc4ccccc4c3C2(C)C)C(C)(C)c2c1ccc1ccccc21. The molecule has 4 aromatic carbocycles. The van der Waals surface area contributed by atoms with Crippen LogP contribution in [0.4, 0.5) is 11.4 Å². The molecule has 2 aliphatic heterocycles. The quantitative estimate of drug-likeness (QED) is 0.125. The fraction of sp³-hybridized carbons (Fsp3) is 0.326. The van der Waals surface area contributed by atoms with Crippen molar-refractivity contribution in [1.82, 2.24) is 0 Å². The van der Waals surface area contributed by atoms with E-state index in [0.717, 1.165) is 38.8 Å². The van der Waals surface area contributed by atoms with E-state index in [1.807, 2.05) is 12.2 Å². The first-order valence-corrected chi connectivity index (χ1v) is 17.5. The van der Waals surface area contributed by atoms with Gasteiger partial charge in [-0.25, -0.2) is 0 Å². The van der Waals surface area contributed by atoms with E-state index in [4.69, 9.17) is 11.6 Å². The molecule has 0 unspecified atom stereocenters. The highest BCUT2D eigenvalue weighted by atomic mass is 35.5. The Morgan fingerprint density at radius 3 is 2.11 bits per heavy atom. The van der Waals surface area contributed by atoms with Crippen molar-refractivity contribution in [1.29, 1.82) is 0 Å². The number of hydrogen-bond donors (Lipinski definition) is 0. The minimum atomic E-state index is -0.115. The molecule has 0 fully saturated rings. The fourth-order valence-electron chi connectivity index (χ4n) is 7.70. The third kappa shape index (κ3) is 5.66. The third-order valence-corrected chi connectivity index (χ3v) is 10.2. The van der Waals surface area contributed by atoms with Gasteiger partial charge in [-0.3, -0.25) is 0 Å². The van der Waals surface area contributed by atoms with Crippen LogP contribution in [-0.4, -0.2) is 23.4 Å². The molecule has 0 aromatic heterocycles. The zero-order valence-electron chi connectivity index (χ0n) is 28.4. The molecule has 3 heteroatoms. The second kappa shape index (κ2) is 13.1. The number of unbranched alkanes of at least 4 members (excludes halogenated alkanes) is 2. The van der Waals surface area contributed by atoms with Gasteiger partial charge in [-0.15, -0.1) is 0 Å². The molecule has 0 amide bonds. The first-order valence-electron chi connectivity index (χ1n) is 17.1. The molecule has 236 valence electrons. The third-order valence-electron chi connectivity index (χ3n) is 10.00. The molecule has 0 radical (unpaired) electrons. The summed E-state index contributed by atoms with van der Waals surface area (Å²) in [5.41, 5.74) is 7.92. The van der Waals surface area contributed by atoms with E-state index in [1.54, 1.807) is 0 Å². The minimum absolute atomic E-state index is 0.115. The Hall–Kier alpha value is -3.88. The van der Waals surface area contributed by atoms with Crippen LogP contribution >= 0.6 is 11.6 Å². The number of rotatable bonds is 10. The van der Waals surface area contributed by atoms with Crippen molar-refractivity contribution >= 4 is 50.2 Å². The van der Waals surface area contributed by atoms with E-state index in [9.17, 15) is 0 Å². The fourth-order valence-corrected chi connectivity index (χ4v) is 7.85. The summed E-state index contributed by atoms with van der Waals surface area (Å²) in [6.45, 7) is 16.0. The summed E-state index contributed by atoms with van der Waals surface area (Å²) >= 11 is 6.83. The number of fused-ring (bicyclic) bond motifs is 6. The van der Waals surface area contributed by atoms with Crippen molar-refractivity contribution in [2.75, 3.05) is 18.0 Å². The van der Waals surface area contributed by atoms with Gasteiger partial charge in [0.1, 0.15) is 6.54 Å². The van der Waals surface area contributed by atoms with Crippen LogP contribution in [0.3, 0.4) is 0 Å². The second-order valence-electron chi connectivity index (χ2n) is 13.8. The monoisotopic (exact) mass is 627 g/mol. The molecule has 46 heavy (non-hydrogen) atoms. The number of allylic oxidation sites excluding steroid dienone is 8. The van der Waals surface area contributed by atoms with Crippen molar-refractivity contribution in [3.63, 3.8) is 0 Å². The summed E-state index contributed by atoms with van der Waals surface area (Å²) in [7, 11) is 0. The van der Waals surface area contributed by atoms with Gasteiger partial charge in [-0.1, -0.05) is 119 Å². The molecule has 4 aromatic rings. The lowest BCUT2D eigenvalue weighted by Crippen LogP contribution is -2.28. The molecule has 0 spiro atoms. The van der Waals surface area contributed by atoms with Crippen molar-refractivity contribution < 1.29 is 4.58 Å². The van der Waals surface area contributed by atoms with Crippen LogP contribution in [0.25, 0.3) is 21.5 Å². The summed E-state index contributed by atoms with van der Waals surface area (Å²) in [6.07, 6.45) is 17.5. The topological polar surface area (TPSA) is 6.25 Å². The van der Waals surface area contributed by atoms with Crippen molar-refractivity contribution in [2.24, 2.45) is 0 Å². The highest BCUT2D eigenvalue weighted by molar-refractivity contribution is 6.31. The summed E-state index contributed by atoms with van der Waals surface area (Å²) in [5, 5.41) is 6.00. The molecular weight excluding hydrogens is 580 g/mol. The van der Waals surface area contributed by atoms with Crippen LogP contribution < -0.4 is 4.90 Å². The van der Waals surface area contributed by atoms with Gasteiger partial charge in [0.05, 0.1) is 5.41 Å². The number of anilines is 1. The maximum Gasteiger partial charge on any atom is 0.210 e. The molecule has 2 heterocycles. The van der Waals surface area contributed by atoms with Crippen molar-refractivity contribution in [3.05, 3.63) is 131 Å². The zero-order chi connectivity index (χ0) is 32.5. The Kier molecular flexibility index (Phi) is 9.12. The average molecular weight is 628 g/mol. The highest BCUT2D eigenvalue weighted by Crippen LogP contribution is 2.51. The maximum atomic E-state index is 6.83. The van der Waals surface area contributed by atoms with Gasteiger partial charge in [0.25, 0.3) is 0 Å². The highest BCUT2D eigenvalue weighted by Gasteiger charge is 2.45. The zero-order valence-corrected chi connectivity index (χ0v) is 29.2.